The zero-order valence-electron chi connectivity index (χ0n) is 10.9. The third-order valence-electron chi connectivity index (χ3n) is 3.55. The Kier molecular flexibility index (Phi) is 4.46. The first kappa shape index (κ1) is 12.8. The van der Waals surface area contributed by atoms with Gasteiger partial charge in [0.2, 0.25) is 0 Å². The molecule has 0 atom stereocenters. The first-order valence-electron chi connectivity index (χ1n) is 6.68. The summed E-state index contributed by atoms with van der Waals surface area (Å²) in [5.74, 6) is 0.762. The van der Waals surface area contributed by atoms with Gasteiger partial charge in [0, 0.05) is 12.1 Å². The molecule has 0 spiro atoms. The molecule has 0 heterocycles. The highest BCUT2D eigenvalue weighted by atomic mass is 16.5. The number of benzene rings is 1. The Morgan fingerprint density at radius 1 is 1.22 bits per heavy atom. The van der Waals surface area contributed by atoms with E-state index in [-0.39, 0.29) is 0 Å². The Morgan fingerprint density at radius 2 is 1.94 bits per heavy atom. The number of methoxy groups -OCH3 is 1. The summed E-state index contributed by atoms with van der Waals surface area (Å²) in [6.07, 6.45) is 7.75. The molecule has 1 aliphatic rings. The number of rotatable bonds is 3. The minimum atomic E-state index is 0.536. The van der Waals surface area contributed by atoms with Gasteiger partial charge in [-0.2, -0.15) is 5.26 Å². The van der Waals surface area contributed by atoms with Crippen LogP contribution in [0.3, 0.4) is 0 Å². The molecule has 0 aliphatic heterocycles. The number of ether oxygens (including phenoxy) is 1. The second kappa shape index (κ2) is 6.30. The zero-order chi connectivity index (χ0) is 12.8. The first-order chi connectivity index (χ1) is 8.83. The van der Waals surface area contributed by atoms with E-state index in [4.69, 9.17) is 10.00 Å². The van der Waals surface area contributed by atoms with E-state index < -0.39 is 0 Å². The minimum absolute atomic E-state index is 0.536. The van der Waals surface area contributed by atoms with Crippen LogP contribution in [0.15, 0.2) is 18.2 Å². The third-order valence-corrected chi connectivity index (χ3v) is 3.55. The number of hydrogen-bond donors (Lipinski definition) is 1. The molecule has 1 N–H and O–H groups in total. The van der Waals surface area contributed by atoms with Gasteiger partial charge >= 0.3 is 0 Å². The summed E-state index contributed by atoms with van der Waals surface area (Å²) in [5, 5.41) is 12.4. The van der Waals surface area contributed by atoms with Crippen LogP contribution < -0.4 is 10.1 Å². The van der Waals surface area contributed by atoms with Crippen LogP contribution in [-0.4, -0.2) is 13.2 Å². The third kappa shape index (κ3) is 3.16. The average molecular weight is 244 g/mol. The summed E-state index contributed by atoms with van der Waals surface area (Å²) in [4.78, 5) is 0. The molecule has 3 heteroatoms. The summed E-state index contributed by atoms with van der Waals surface area (Å²) in [7, 11) is 1.65. The van der Waals surface area contributed by atoms with E-state index in [1.54, 1.807) is 13.2 Å². The highest BCUT2D eigenvalue weighted by Gasteiger charge is 2.14. The van der Waals surface area contributed by atoms with Crippen LogP contribution in [0.2, 0.25) is 0 Å². The molecular weight excluding hydrogens is 224 g/mol. The Hall–Kier alpha value is -1.69. The van der Waals surface area contributed by atoms with Crippen LogP contribution in [0.5, 0.6) is 5.75 Å². The minimum Gasteiger partial charge on any atom is -0.495 e. The lowest BCUT2D eigenvalue weighted by Gasteiger charge is -2.19. The summed E-state index contributed by atoms with van der Waals surface area (Å²) in [6.45, 7) is 0. The van der Waals surface area contributed by atoms with Crippen LogP contribution in [0.25, 0.3) is 0 Å². The molecular formula is C15H20N2O. The Bertz CT molecular complexity index is 429. The van der Waals surface area contributed by atoms with E-state index in [0.29, 0.717) is 11.6 Å². The normalized spacial score (nSPS) is 16.7. The maximum absolute atomic E-state index is 8.88. The fraction of sp³-hybridized carbons (Fsp3) is 0.533. The van der Waals surface area contributed by atoms with Crippen LogP contribution in [-0.2, 0) is 0 Å². The van der Waals surface area contributed by atoms with Gasteiger partial charge in [-0.1, -0.05) is 25.7 Å². The molecule has 0 bridgehead atoms. The van der Waals surface area contributed by atoms with Crippen molar-refractivity contribution in [2.75, 3.05) is 12.4 Å². The smallest absolute Gasteiger partial charge is 0.143 e. The maximum Gasteiger partial charge on any atom is 0.143 e. The van der Waals surface area contributed by atoms with E-state index >= 15 is 0 Å². The zero-order valence-corrected chi connectivity index (χ0v) is 10.9. The molecule has 1 saturated carbocycles. The lowest BCUT2D eigenvalue weighted by atomic mass is 10.1. The van der Waals surface area contributed by atoms with Crippen LogP contribution in [0.4, 0.5) is 5.69 Å². The molecule has 1 aromatic rings. The van der Waals surface area contributed by atoms with E-state index in [1.165, 1.54) is 38.5 Å². The highest BCUT2D eigenvalue weighted by Crippen LogP contribution is 2.28. The van der Waals surface area contributed by atoms with Gasteiger partial charge in [-0.05, 0) is 25.0 Å². The Labute approximate surface area is 109 Å². The summed E-state index contributed by atoms with van der Waals surface area (Å²) in [5.41, 5.74) is 1.64. The molecule has 96 valence electrons. The molecule has 0 aromatic heterocycles. The standard InChI is InChI=1S/C15H20N2O/c1-18-15-10-12(11-16)8-9-14(15)17-13-6-4-2-3-5-7-13/h8-10,13,17H,2-7H2,1H3. The van der Waals surface area contributed by atoms with Crippen molar-refractivity contribution in [1.82, 2.24) is 0 Å². The van der Waals surface area contributed by atoms with Gasteiger partial charge in [0.05, 0.1) is 24.4 Å². The van der Waals surface area contributed by atoms with Crippen molar-refractivity contribution in [1.29, 1.82) is 5.26 Å². The topological polar surface area (TPSA) is 45.0 Å². The number of nitrogens with zero attached hydrogens (tertiary/aromatic N) is 1. The molecule has 1 aliphatic carbocycles. The number of hydrogen-bond acceptors (Lipinski definition) is 3. The molecule has 18 heavy (non-hydrogen) atoms. The van der Waals surface area contributed by atoms with E-state index in [9.17, 15) is 0 Å². The number of anilines is 1. The monoisotopic (exact) mass is 244 g/mol. The summed E-state index contributed by atoms with van der Waals surface area (Å²) < 4.78 is 5.35. The fourth-order valence-corrected chi connectivity index (χ4v) is 2.52. The van der Waals surface area contributed by atoms with Crippen molar-refractivity contribution in [3.8, 4) is 11.8 Å². The predicted octanol–water partition coefficient (Wildman–Crippen LogP) is 3.70. The molecule has 0 radical (unpaired) electrons. The molecule has 1 aromatic carbocycles. The van der Waals surface area contributed by atoms with Gasteiger partial charge in [0.25, 0.3) is 0 Å². The van der Waals surface area contributed by atoms with Gasteiger partial charge in [0.1, 0.15) is 5.75 Å². The molecule has 0 amide bonds. The second-order valence-corrected chi connectivity index (χ2v) is 4.86. The quantitative estimate of drug-likeness (QED) is 0.824. The van der Waals surface area contributed by atoms with Crippen LogP contribution >= 0.6 is 0 Å². The Balaban J connectivity index is 2.10. The van der Waals surface area contributed by atoms with Gasteiger partial charge in [0.15, 0.2) is 0 Å². The van der Waals surface area contributed by atoms with Crippen LogP contribution in [0.1, 0.15) is 44.1 Å². The molecule has 3 nitrogen and oxygen atoms in total. The van der Waals surface area contributed by atoms with Gasteiger partial charge < -0.3 is 10.1 Å². The van der Waals surface area contributed by atoms with Crippen LogP contribution in [0, 0.1) is 11.3 Å². The van der Waals surface area contributed by atoms with Crippen molar-refractivity contribution < 1.29 is 4.74 Å². The maximum atomic E-state index is 8.88. The second-order valence-electron chi connectivity index (χ2n) is 4.86. The van der Waals surface area contributed by atoms with Crippen molar-refractivity contribution in [2.24, 2.45) is 0 Å². The molecule has 0 unspecified atom stereocenters. The van der Waals surface area contributed by atoms with Crippen molar-refractivity contribution >= 4 is 5.69 Å². The lowest BCUT2D eigenvalue weighted by Crippen LogP contribution is -2.18. The fourth-order valence-electron chi connectivity index (χ4n) is 2.52. The Morgan fingerprint density at radius 3 is 2.56 bits per heavy atom. The predicted molar refractivity (Wildman–Crippen MR) is 72.8 cm³/mol. The molecule has 0 saturated heterocycles. The molecule has 2 rings (SSSR count). The summed E-state index contributed by atoms with van der Waals surface area (Å²) >= 11 is 0. The largest absolute Gasteiger partial charge is 0.495 e. The average Bonchev–Trinajstić information content (AvgIpc) is 2.68. The SMILES string of the molecule is COc1cc(C#N)ccc1NC1CCCCCC1. The van der Waals surface area contributed by atoms with Gasteiger partial charge in [-0.25, -0.2) is 0 Å². The summed E-state index contributed by atoms with van der Waals surface area (Å²) in [6, 6.07) is 8.24. The molecule has 1 fully saturated rings. The van der Waals surface area contributed by atoms with Gasteiger partial charge in [-0.3, -0.25) is 0 Å². The lowest BCUT2D eigenvalue weighted by molar-refractivity contribution is 0.415. The van der Waals surface area contributed by atoms with Crippen molar-refractivity contribution in [3.63, 3.8) is 0 Å². The first-order valence-corrected chi connectivity index (χ1v) is 6.68. The highest BCUT2D eigenvalue weighted by molar-refractivity contribution is 5.59. The van der Waals surface area contributed by atoms with Gasteiger partial charge in [-0.15, -0.1) is 0 Å². The number of nitrogens with one attached hydrogen (secondary N) is 1. The van der Waals surface area contributed by atoms with Crippen molar-refractivity contribution in [2.45, 2.75) is 44.6 Å². The number of nitriles is 1. The van der Waals surface area contributed by atoms with E-state index in [2.05, 4.69) is 11.4 Å². The van der Waals surface area contributed by atoms with E-state index in [1.807, 2.05) is 12.1 Å². The van der Waals surface area contributed by atoms with Crippen molar-refractivity contribution in [3.05, 3.63) is 23.8 Å². The van der Waals surface area contributed by atoms with E-state index in [0.717, 1.165) is 11.4 Å².